The van der Waals surface area contributed by atoms with E-state index in [9.17, 15) is 13.2 Å². The van der Waals surface area contributed by atoms with Crippen molar-refractivity contribution in [2.45, 2.75) is 17.9 Å². The number of hydrogen-bond acceptors (Lipinski definition) is 5. The minimum Gasteiger partial charge on any atom is -0.408 e. The normalized spacial score (nSPS) is 21.0. The molecular formula is C13H17N3O4S. The number of aromatic nitrogens is 1. The third kappa shape index (κ3) is 2.39. The van der Waals surface area contributed by atoms with Crippen LogP contribution in [0.2, 0.25) is 0 Å². The summed E-state index contributed by atoms with van der Waals surface area (Å²) in [5.74, 6) is -0.504. The summed E-state index contributed by atoms with van der Waals surface area (Å²) in [5.41, 5.74) is 0.861. The van der Waals surface area contributed by atoms with Gasteiger partial charge in [0.1, 0.15) is 0 Å². The first kappa shape index (κ1) is 14.3. The Balaban J connectivity index is 2.04. The fourth-order valence-electron chi connectivity index (χ4n) is 2.54. The summed E-state index contributed by atoms with van der Waals surface area (Å²) in [6.45, 7) is 3.44. The summed E-state index contributed by atoms with van der Waals surface area (Å²) in [4.78, 5) is 11.6. The van der Waals surface area contributed by atoms with Crippen molar-refractivity contribution in [1.29, 1.82) is 0 Å². The van der Waals surface area contributed by atoms with Crippen LogP contribution in [-0.4, -0.2) is 43.0 Å². The van der Waals surface area contributed by atoms with Crippen LogP contribution in [0.15, 0.2) is 32.3 Å². The zero-order chi connectivity index (χ0) is 15.2. The van der Waals surface area contributed by atoms with Crippen molar-refractivity contribution in [3.63, 3.8) is 0 Å². The average molecular weight is 311 g/mol. The number of aryl methyl sites for hydroxylation is 1. The van der Waals surface area contributed by atoms with Crippen LogP contribution < -0.4 is 11.1 Å². The number of nitrogens with one attached hydrogen (secondary N) is 1. The van der Waals surface area contributed by atoms with Crippen molar-refractivity contribution in [3.8, 4) is 0 Å². The molecule has 2 heterocycles. The summed E-state index contributed by atoms with van der Waals surface area (Å²) < 4.78 is 33.1. The van der Waals surface area contributed by atoms with E-state index in [2.05, 4.69) is 5.32 Å². The summed E-state index contributed by atoms with van der Waals surface area (Å²) >= 11 is 0. The quantitative estimate of drug-likeness (QED) is 0.851. The molecule has 1 aromatic heterocycles. The molecule has 114 valence electrons. The lowest BCUT2D eigenvalue weighted by Gasteiger charge is -2.30. The molecule has 0 unspecified atom stereocenters. The molecule has 21 heavy (non-hydrogen) atoms. The van der Waals surface area contributed by atoms with E-state index in [4.69, 9.17) is 4.42 Å². The Hall–Kier alpha value is -1.64. The first-order chi connectivity index (χ1) is 9.89. The molecular weight excluding hydrogens is 294 g/mol. The van der Waals surface area contributed by atoms with E-state index in [-0.39, 0.29) is 16.5 Å². The van der Waals surface area contributed by atoms with Crippen LogP contribution in [0.25, 0.3) is 11.1 Å². The second-order valence-electron chi connectivity index (χ2n) is 5.27. The Morgan fingerprint density at radius 3 is 2.86 bits per heavy atom. The minimum atomic E-state index is -3.57. The van der Waals surface area contributed by atoms with Gasteiger partial charge in [0.05, 0.1) is 10.4 Å². The highest BCUT2D eigenvalue weighted by molar-refractivity contribution is 7.89. The van der Waals surface area contributed by atoms with Gasteiger partial charge < -0.3 is 9.73 Å². The predicted octanol–water partition coefficient (Wildman–Crippen LogP) is 0.114. The largest absolute Gasteiger partial charge is 0.419 e. The van der Waals surface area contributed by atoms with Crippen LogP contribution in [0, 0.1) is 0 Å². The van der Waals surface area contributed by atoms with E-state index in [1.54, 1.807) is 13.1 Å². The van der Waals surface area contributed by atoms with Gasteiger partial charge in [0, 0.05) is 38.8 Å². The zero-order valence-electron chi connectivity index (χ0n) is 11.9. The van der Waals surface area contributed by atoms with E-state index >= 15 is 0 Å². The van der Waals surface area contributed by atoms with Gasteiger partial charge >= 0.3 is 5.76 Å². The first-order valence-corrected chi connectivity index (χ1v) is 8.17. The van der Waals surface area contributed by atoms with Crippen LogP contribution in [0.5, 0.6) is 0 Å². The number of rotatable bonds is 2. The van der Waals surface area contributed by atoms with Crippen LogP contribution in [-0.2, 0) is 17.1 Å². The maximum Gasteiger partial charge on any atom is 0.419 e. The van der Waals surface area contributed by atoms with Crippen molar-refractivity contribution in [3.05, 3.63) is 28.7 Å². The molecule has 0 amide bonds. The van der Waals surface area contributed by atoms with E-state index in [1.807, 2.05) is 6.92 Å². The molecule has 2 aromatic rings. The van der Waals surface area contributed by atoms with Gasteiger partial charge in [-0.15, -0.1) is 0 Å². The van der Waals surface area contributed by atoms with Gasteiger partial charge in [-0.2, -0.15) is 4.31 Å². The Kier molecular flexibility index (Phi) is 3.39. The fourth-order valence-corrected chi connectivity index (χ4v) is 4.08. The lowest BCUT2D eigenvalue weighted by Crippen LogP contribution is -2.51. The van der Waals surface area contributed by atoms with E-state index < -0.39 is 15.8 Å². The van der Waals surface area contributed by atoms with E-state index in [0.29, 0.717) is 25.2 Å². The van der Waals surface area contributed by atoms with Crippen LogP contribution in [0.4, 0.5) is 0 Å². The number of fused-ring (bicyclic) bond motifs is 1. The maximum atomic E-state index is 12.6. The molecule has 1 atom stereocenters. The third-order valence-electron chi connectivity index (χ3n) is 3.73. The predicted molar refractivity (Wildman–Crippen MR) is 77.7 cm³/mol. The van der Waals surface area contributed by atoms with E-state index in [0.717, 1.165) is 0 Å². The van der Waals surface area contributed by atoms with Crippen LogP contribution in [0.3, 0.4) is 0 Å². The zero-order valence-corrected chi connectivity index (χ0v) is 12.7. The highest BCUT2D eigenvalue weighted by atomic mass is 32.2. The third-order valence-corrected chi connectivity index (χ3v) is 5.59. The molecule has 1 aliphatic rings. The molecule has 8 heteroatoms. The summed E-state index contributed by atoms with van der Waals surface area (Å²) in [6, 6.07) is 4.64. The Labute approximate surface area is 122 Å². The Morgan fingerprint density at radius 1 is 1.38 bits per heavy atom. The summed E-state index contributed by atoms with van der Waals surface area (Å²) in [5, 5.41) is 3.21. The summed E-state index contributed by atoms with van der Waals surface area (Å²) in [7, 11) is -1.98. The number of oxazole rings is 1. The highest BCUT2D eigenvalue weighted by Crippen LogP contribution is 2.22. The molecule has 0 saturated carbocycles. The Morgan fingerprint density at radius 2 is 2.14 bits per heavy atom. The molecule has 1 aromatic carbocycles. The highest BCUT2D eigenvalue weighted by Gasteiger charge is 2.29. The van der Waals surface area contributed by atoms with Gasteiger partial charge in [0.25, 0.3) is 0 Å². The first-order valence-electron chi connectivity index (χ1n) is 6.73. The molecule has 0 bridgehead atoms. The Bertz CT molecular complexity index is 837. The van der Waals surface area contributed by atoms with Gasteiger partial charge in [-0.3, -0.25) is 4.57 Å². The lowest BCUT2D eigenvalue weighted by molar-refractivity contribution is 0.310. The molecule has 1 saturated heterocycles. The number of sulfonamides is 1. The number of benzene rings is 1. The monoisotopic (exact) mass is 311 g/mol. The van der Waals surface area contributed by atoms with Gasteiger partial charge in [0.2, 0.25) is 10.0 Å². The molecule has 0 spiro atoms. The van der Waals surface area contributed by atoms with Crippen molar-refractivity contribution in [2.75, 3.05) is 19.6 Å². The molecule has 0 aliphatic carbocycles. The molecule has 7 nitrogen and oxygen atoms in total. The van der Waals surface area contributed by atoms with Gasteiger partial charge in [0.15, 0.2) is 5.58 Å². The minimum absolute atomic E-state index is 0.118. The maximum absolute atomic E-state index is 12.6. The van der Waals surface area contributed by atoms with Crippen LogP contribution in [0.1, 0.15) is 6.92 Å². The SMILES string of the molecule is C[C@H]1CN(S(=O)(=O)c2ccc3c(c2)oc(=O)n3C)CCN1. The summed E-state index contributed by atoms with van der Waals surface area (Å²) in [6.07, 6.45) is 0. The van der Waals surface area contributed by atoms with Crippen molar-refractivity contribution >= 4 is 21.1 Å². The van der Waals surface area contributed by atoms with Gasteiger partial charge in [-0.05, 0) is 19.1 Å². The average Bonchev–Trinajstić information content (AvgIpc) is 2.73. The van der Waals surface area contributed by atoms with Crippen molar-refractivity contribution in [2.24, 2.45) is 7.05 Å². The van der Waals surface area contributed by atoms with Crippen LogP contribution >= 0.6 is 0 Å². The second-order valence-corrected chi connectivity index (χ2v) is 7.21. The number of hydrogen-bond donors (Lipinski definition) is 1. The molecule has 3 rings (SSSR count). The standard InChI is InChI=1S/C13H17N3O4S/c1-9-8-16(6-5-14-9)21(18,19)10-3-4-11-12(7-10)20-13(17)15(11)2/h3-4,7,9,14H,5-6,8H2,1-2H3/t9-/m0/s1. The van der Waals surface area contributed by atoms with Crippen molar-refractivity contribution < 1.29 is 12.8 Å². The molecule has 0 radical (unpaired) electrons. The number of nitrogens with zero attached hydrogens (tertiary/aromatic N) is 2. The topological polar surface area (TPSA) is 84.6 Å². The van der Waals surface area contributed by atoms with E-state index in [1.165, 1.54) is 21.0 Å². The van der Waals surface area contributed by atoms with Gasteiger partial charge in [-0.1, -0.05) is 0 Å². The fraction of sp³-hybridized carbons (Fsp3) is 0.462. The molecule has 1 fully saturated rings. The molecule has 1 N–H and O–H groups in total. The second kappa shape index (κ2) is 4.97. The molecule has 1 aliphatic heterocycles. The smallest absolute Gasteiger partial charge is 0.408 e. The van der Waals surface area contributed by atoms with Gasteiger partial charge in [-0.25, -0.2) is 13.2 Å². The lowest BCUT2D eigenvalue weighted by atomic mass is 10.3. The van der Waals surface area contributed by atoms with Crippen molar-refractivity contribution in [1.82, 2.24) is 14.2 Å². The number of piperazine rings is 1.